The third kappa shape index (κ3) is 3.18. The maximum absolute atomic E-state index is 14.0. The van der Waals surface area contributed by atoms with Gasteiger partial charge in [0.2, 0.25) is 5.88 Å². The molecule has 1 aromatic heterocycles. The lowest BCUT2D eigenvalue weighted by Crippen LogP contribution is -2.28. The second-order valence-corrected chi connectivity index (χ2v) is 8.15. The van der Waals surface area contributed by atoms with E-state index in [2.05, 4.69) is 0 Å². The molecule has 1 aliphatic heterocycles. The van der Waals surface area contributed by atoms with E-state index in [4.69, 9.17) is 4.74 Å². The normalized spacial score (nSPS) is 12.6. The van der Waals surface area contributed by atoms with Crippen LogP contribution in [0.1, 0.15) is 15.9 Å². The van der Waals surface area contributed by atoms with E-state index in [0.717, 1.165) is 5.56 Å². The van der Waals surface area contributed by atoms with Gasteiger partial charge in [0.25, 0.3) is 11.5 Å². The number of pyridine rings is 1. The number of carbonyl (C=O) groups excluding carboxylic acids is 1. The monoisotopic (exact) mass is 444 g/mol. The Balaban J connectivity index is 1.73. The van der Waals surface area contributed by atoms with E-state index in [1.54, 1.807) is 27.7 Å². The second-order valence-electron chi connectivity index (χ2n) is 8.15. The lowest BCUT2D eigenvalue weighted by molar-refractivity contribution is 0.0999. The van der Waals surface area contributed by atoms with Crippen molar-refractivity contribution in [3.63, 3.8) is 0 Å². The van der Waals surface area contributed by atoms with Crippen molar-refractivity contribution in [1.29, 1.82) is 0 Å². The number of nitrogens with zero attached hydrogens (tertiary/aromatic N) is 2. The summed E-state index contributed by atoms with van der Waals surface area (Å²) in [5.74, 6) is 0.550. The van der Waals surface area contributed by atoms with Crippen LogP contribution in [0, 0.1) is 0 Å². The quantitative estimate of drug-likeness (QED) is 0.336. The van der Waals surface area contributed by atoms with Gasteiger partial charge >= 0.3 is 0 Å². The van der Waals surface area contributed by atoms with E-state index >= 15 is 0 Å². The highest BCUT2D eigenvalue weighted by molar-refractivity contribution is 6.18. The van der Waals surface area contributed by atoms with Crippen molar-refractivity contribution in [2.45, 2.75) is 6.54 Å². The second kappa shape index (κ2) is 8.05. The fourth-order valence-electron chi connectivity index (χ4n) is 4.47. The fraction of sp³-hybridized carbons (Fsp3) is 0.0345. The van der Waals surface area contributed by atoms with Crippen LogP contribution in [-0.2, 0) is 6.54 Å². The number of hydrogen-bond acceptors (Lipinski definition) is 3. The number of hydrogen-bond donors (Lipinski definition) is 0. The van der Waals surface area contributed by atoms with Crippen LogP contribution < -0.4 is 15.2 Å². The van der Waals surface area contributed by atoms with E-state index in [9.17, 15) is 9.59 Å². The van der Waals surface area contributed by atoms with Crippen LogP contribution in [0.25, 0.3) is 10.8 Å². The van der Waals surface area contributed by atoms with Gasteiger partial charge in [-0.3, -0.25) is 19.1 Å². The minimum Gasteiger partial charge on any atom is -0.438 e. The number of amides is 1. The van der Waals surface area contributed by atoms with E-state index in [-0.39, 0.29) is 11.5 Å². The molecule has 0 saturated carbocycles. The first-order valence-electron chi connectivity index (χ1n) is 11.1. The molecule has 5 nitrogen and oxygen atoms in total. The average molecular weight is 444 g/mol. The van der Waals surface area contributed by atoms with Crippen LogP contribution in [0.4, 0.5) is 11.4 Å². The Morgan fingerprint density at radius 2 is 1.26 bits per heavy atom. The molecule has 0 spiro atoms. The number of fused-ring (bicyclic) bond motifs is 4. The Kier molecular flexibility index (Phi) is 4.73. The molecule has 0 unspecified atom stereocenters. The molecule has 4 aromatic carbocycles. The maximum atomic E-state index is 14.0. The van der Waals surface area contributed by atoms with E-state index in [1.807, 2.05) is 91.0 Å². The number of ether oxygens (including phenoxy) is 1. The fourth-order valence-corrected chi connectivity index (χ4v) is 4.47. The Bertz CT molecular complexity index is 1590. The SMILES string of the molecule is O=C1c2ccccc2Oc2c(c3ccccc3c(=O)n2Cc2ccccc2)N1c1ccccc1. The van der Waals surface area contributed by atoms with Crippen LogP contribution in [-0.4, -0.2) is 10.5 Å². The highest BCUT2D eigenvalue weighted by Crippen LogP contribution is 2.45. The van der Waals surface area contributed by atoms with Crippen molar-refractivity contribution in [1.82, 2.24) is 4.57 Å². The molecule has 0 N–H and O–H groups in total. The summed E-state index contributed by atoms with van der Waals surface area (Å²) in [6, 6.07) is 33.7. The molecule has 5 heteroatoms. The molecule has 1 aliphatic rings. The zero-order chi connectivity index (χ0) is 23.1. The van der Waals surface area contributed by atoms with Crippen molar-refractivity contribution >= 4 is 28.1 Å². The number of anilines is 2. The largest absolute Gasteiger partial charge is 0.438 e. The summed E-state index contributed by atoms with van der Waals surface area (Å²) >= 11 is 0. The minimum absolute atomic E-state index is 0.168. The number of benzene rings is 4. The van der Waals surface area contributed by atoms with Gasteiger partial charge in [-0.25, -0.2) is 0 Å². The first-order valence-corrected chi connectivity index (χ1v) is 11.1. The standard InChI is InChI=1S/C29H20N2O3/c32-27-23-16-8-7-15-22(23)26-29(30(27)19-20-11-3-1-4-12-20)34-25-18-10-9-17-24(25)28(33)31(26)21-13-5-2-6-14-21/h1-18H,19H2. The molecule has 0 bridgehead atoms. The third-order valence-electron chi connectivity index (χ3n) is 6.05. The smallest absolute Gasteiger partial charge is 0.266 e. The van der Waals surface area contributed by atoms with Gasteiger partial charge in [-0.1, -0.05) is 78.9 Å². The summed E-state index contributed by atoms with van der Waals surface area (Å²) < 4.78 is 8.04. The highest BCUT2D eigenvalue weighted by atomic mass is 16.5. The van der Waals surface area contributed by atoms with Crippen LogP contribution in [0.2, 0.25) is 0 Å². The van der Waals surface area contributed by atoms with Crippen molar-refractivity contribution in [2.24, 2.45) is 0 Å². The molecule has 1 amide bonds. The van der Waals surface area contributed by atoms with Gasteiger partial charge in [-0.15, -0.1) is 0 Å². The molecule has 0 radical (unpaired) electrons. The van der Waals surface area contributed by atoms with Gasteiger partial charge in [0.1, 0.15) is 11.4 Å². The van der Waals surface area contributed by atoms with Gasteiger partial charge in [-0.2, -0.15) is 0 Å². The first kappa shape index (κ1) is 20.0. The molecule has 0 fully saturated rings. The summed E-state index contributed by atoms with van der Waals surface area (Å²) in [6.45, 7) is 0.311. The predicted molar refractivity (Wildman–Crippen MR) is 133 cm³/mol. The van der Waals surface area contributed by atoms with E-state index in [1.165, 1.54) is 0 Å². The highest BCUT2D eigenvalue weighted by Gasteiger charge is 2.33. The number of aromatic nitrogens is 1. The van der Waals surface area contributed by atoms with Crippen molar-refractivity contribution in [3.05, 3.63) is 131 Å². The van der Waals surface area contributed by atoms with Gasteiger partial charge < -0.3 is 4.74 Å². The Labute approximate surface area is 196 Å². The Morgan fingerprint density at radius 1 is 0.647 bits per heavy atom. The molecule has 0 saturated heterocycles. The molecule has 0 atom stereocenters. The van der Waals surface area contributed by atoms with Crippen molar-refractivity contribution in [2.75, 3.05) is 4.90 Å². The first-order chi connectivity index (χ1) is 16.7. The lowest BCUT2D eigenvalue weighted by atomic mass is 10.1. The van der Waals surface area contributed by atoms with Crippen molar-refractivity contribution < 1.29 is 9.53 Å². The van der Waals surface area contributed by atoms with Crippen LogP contribution >= 0.6 is 0 Å². The maximum Gasteiger partial charge on any atom is 0.266 e. The molecular formula is C29H20N2O3. The van der Waals surface area contributed by atoms with Gasteiger partial charge in [0.05, 0.1) is 12.1 Å². The molecule has 0 aliphatic carbocycles. The number of para-hydroxylation sites is 2. The summed E-state index contributed by atoms with van der Waals surface area (Å²) in [5, 5.41) is 1.19. The van der Waals surface area contributed by atoms with Gasteiger partial charge in [0, 0.05) is 16.5 Å². The van der Waals surface area contributed by atoms with E-state index in [0.29, 0.717) is 45.9 Å². The van der Waals surface area contributed by atoms with Gasteiger partial charge in [0.15, 0.2) is 0 Å². The Hall–Kier alpha value is -4.64. The number of carbonyl (C=O) groups is 1. The molecule has 164 valence electrons. The topological polar surface area (TPSA) is 51.5 Å². The third-order valence-corrected chi connectivity index (χ3v) is 6.05. The van der Waals surface area contributed by atoms with Crippen molar-refractivity contribution in [3.8, 4) is 11.6 Å². The summed E-state index contributed by atoms with van der Waals surface area (Å²) in [5.41, 5.74) is 2.48. The molecule has 34 heavy (non-hydrogen) atoms. The van der Waals surface area contributed by atoms with Crippen LogP contribution in [0.15, 0.2) is 114 Å². The summed E-state index contributed by atoms with van der Waals surface area (Å²) in [4.78, 5) is 29.3. The molecule has 5 aromatic rings. The Morgan fingerprint density at radius 3 is 2.03 bits per heavy atom. The van der Waals surface area contributed by atoms with Crippen LogP contribution in [0.3, 0.4) is 0 Å². The summed E-state index contributed by atoms with van der Waals surface area (Å²) in [6.07, 6.45) is 0. The summed E-state index contributed by atoms with van der Waals surface area (Å²) in [7, 11) is 0. The molecule has 6 rings (SSSR count). The minimum atomic E-state index is -0.212. The zero-order valence-electron chi connectivity index (χ0n) is 18.2. The number of rotatable bonds is 3. The molecular weight excluding hydrogens is 424 g/mol. The predicted octanol–water partition coefficient (Wildman–Crippen LogP) is 6.13. The average Bonchev–Trinajstić information content (AvgIpc) is 3.02. The molecule has 2 heterocycles. The lowest BCUT2D eigenvalue weighted by Gasteiger charge is -2.25. The van der Waals surface area contributed by atoms with Crippen LogP contribution in [0.5, 0.6) is 11.6 Å². The van der Waals surface area contributed by atoms with E-state index < -0.39 is 0 Å². The van der Waals surface area contributed by atoms with Gasteiger partial charge in [-0.05, 0) is 35.9 Å². The zero-order valence-corrected chi connectivity index (χ0v) is 18.2.